The second kappa shape index (κ2) is 7.14. The molecule has 128 valence electrons. The van der Waals surface area contributed by atoms with Crippen molar-refractivity contribution in [2.45, 2.75) is 43.0 Å². The van der Waals surface area contributed by atoms with Gasteiger partial charge in [0.15, 0.2) is 0 Å². The van der Waals surface area contributed by atoms with E-state index in [2.05, 4.69) is 15.3 Å². The molecule has 0 radical (unpaired) electrons. The summed E-state index contributed by atoms with van der Waals surface area (Å²) in [5.41, 5.74) is 2.51. The average molecular weight is 370 g/mol. The maximum Gasteiger partial charge on any atom is 0.233 e. The summed E-state index contributed by atoms with van der Waals surface area (Å²) >= 11 is 3.31. The minimum Gasteiger partial charge on any atom is -0.351 e. The number of hydrogen-bond donors (Lipinski definition) is 1. The Kier molecular flexibility index (Phi) is 4.72. The second-order valence-corrected chi connectivity index (χ2v) is 8.59. The number of carbonyl (C=O) groups is 1. The summed E-state index contributed by atoms with van der Waals surface area (Å²) in [4.78, 5) is 23.9. The first-order valence-corrected chi connectivity index (χ1v) is 10.2. The minimum absolute atomic E-state index is 0.0347. The smallest absolute Gasteiger partial charge is 0.233 e. The van der Waals surface area contributed by atoms with Crippen molar-refractivity contribution < 1.29 is 4.79 Å². The van der Waals surface area contributed by atoms with Crippen LogP contribution in [0.5, 0.6) is 0 Å². The lowest BCUT2D eigenvalue weighted by molar-refractivity contribution is -0.120. The van der Waals surface area contributed by atoms with Crippen molar-refractivity contribution in [1.29, 1.82) is 0 Å². The van der Waals surface area contributed by atoms with E-state index in [4.69, 9.17) is 0 Å². The van der Waals surface area contributed by atoms with Gasteiger partial charge in [-0.2, -0.15) is 0 Å². The molecule has 4 nitrogen and oxygen atoms in total. The van der Waals surface area contributed by atoms with Crippen LogP contribution < -0.4 is 5.32 Å². The summed E-state index contributed by atoms with van der Waals surface area (Å²) in [5, 5.41) is 4.93. The van der Waals surface area contributed by atoms with E-state index in [1.54, 1.807) is 17.7 Å². The standard InChI is InChI=1S/C19H19N3OS2/c1-12(17(23)20-10-13-6-3-2-4-7-13)24-18-16-14-8-5-9-15(14)25-19(16)22-11-21-18/h2-4,6-7,11-12H,5,8-10H2,1H3,(H,20,23)/t12-/m1/s1. The van der Waals surface area contributed by atoms with E-state index >= 15 is 0 Å². The van der Waals surface area contributed by atoms with Gasteiger partial charge in [-0.05, 0) is 37.3 Å². The fourth-order valence-corrected chi connectivity index (χ4v) is 5.40. The Labute approximate surface area is 155 Å². The molecule has 0 fully saturated rings. The number of benzene rings is 1. The monoisotopic (exact) mass is 369 g/mol. The normalized spacial score (nSPS) is 14.4. The first-order valence-electron chi connectivity index (χ1n) is 8.46. The molecule has 0 saturated heterocycles. The van der Waals surface area contributed by atoms with Gasteiger partial charge in [0.1, 0.15) is 16.2 Å². The fraction of sp³-hybridized carbons (Fsp3) is 0.316. The summed E-state index contributed by atoms with van der Waals surface area (Å²) in [5.74, 6) is 0.0347. The van der Waals surface area contributed by atoms with Crippen LogP contribution in [0, 0.1) is 0 Å². The van der Waals surface area contributed by atoms with Crippen LogP contribution in [0.25, 0.3) is 10.2 Å². The van der Waals surface area contributed by atoms with E-state index in [9.17, 15) is 4.79 Å². The highest BCUT2D eigenvalue weighted by Gasteiger charge is 2.23. The molecule has 4 rings (SSSR count). The van der Waals surface area contributed by atoms with Crippen molar-refractivity contribution in [2.75, 3.05) is 0 Å². The zero-order valence-corrected chi connectivity index (χ0v) is 15.6. The first kappa shape index (κ1) is 16.5. The molecule has 1 amide bonds. The highest BCUT2D eigenvalue weighted by atomic mass is 32.2. The molecular weight excluding hydrogens is 350 g/mol. The number of hydrogen-bond acceptors (Lipinski definition) is 5. The van der Waals surface area contributed by atoms with E-state index in [1.165, 1.54) is 34.0 Å². The zero-order chi connectivity index (χ0) is 17.2. The predicted molar refractivity (Wildman–Crippen MR) is 103 cm³/mol. The third-order valence-electron chi connectivity index (χ3n) is 4.43. The molecule has 0 saturated carbocycles. The SMILES string of the molecule is C[C@@H](Sc1ncnc2sc3c(c12)CCC3)C(=O)NCc1ccccc1. The van der Waals surface area contributed by atoms with Crippen LogP contribution in [0.2, 0.25) is 0 Å². The summed E-state index contributed by atoms with van der Waals surface area (Å²) in [7, 11) is 0. The topological polar surface area (TPSA) is 54.9 Å². The van der Waals surface area contributed by atoms with Crippen LogP contribution in [0.15, 0.2) is 41.7 Å². The molecule has 0 aliphatic heterocycles. The number of nitrogens with zero attached hydrogens (tertiary/aromatic N) is 2. The number of aromatic nitrogens is 2. The van der Waals surface area contributed by atoms with Crippen molar-refractivity contribution in [3.05, 3.63) is 52.7 Å². The molecule has 0 unspecified atom stereocenters. The van der Waals surface area contributed by atoms with Crippen LogP contribution in [0.4, 0.5) is 0 Å². The molecule has 1 aromatic carbocycles. The van der Waals surface area contributed by atoms with E-state index in [0.29, 0.717) is 6.54 Å². The number of amides is 1. The molecule has 2 heterocycles. The van der Waals surface area contributed by atoms with E-state index in [0.717, 1.165) is 28.3 Å². The van der Waals surface area contributed by atoms with E-state index in [1.807, 2.05) is 37.3 Å². The maximum absolute atomic E-state index is 12.5. The molecule has 6 heteroatoms. The molecule has 0 bridgehead atoms. The molecule has 1 aliphatic carbocycles. The van der Waals surface area contributed by atoms with Gasteiger partial charge >= 0.3 is 0 Å². The van der Waals surface area contributed by atoms with Gasteiger partial charge in [-0.1, -0.05) is 42.1 Å². The second-order valence-electron chi connectivity index (χ2n) is 6.18. The molecular formula is C19H19N3OS2. The van der Waals surface area contributed by atoms with Crippen molar-refractivity contribution >= 4 is 39.2 Å². The van der Waals surface area contributed by atoms with Crippen LogP contribution in [0.1, 0.15) is 29.3 Å². The Morgan fingerprint density at radius 3 is 2.96 bits per heavy atom. The number of aryl methyl sites for hydroxylation is 2. The molecule has 2 aromatic heterocycles. The number of thioether (sulfide) groups is 1. The van der Waals surface area contributed by atoms with Crippen molar-refractivity contribution in [3.63, 3.8) is 0 Å². The summed E-state index contributed by atoms with van der Waals surface area (Å²) in [6, 6.07) is 9.97. The maximum atomic E-state index is 12.5. The van der Waals surface area contributed by atoms with Crippen LogP contribution in [-0.2, 0) is 24.2 Å². The fourth-order valence-electron chi connectivity index (χ4n) is 3.14. The van der Waals surface area contributed by atoms with Crippen LogP contribution >= 0.6 is 23.1 Å². The zero-order valence-electron chi connectivity index (χ0n) is 14.0. The Morgan fingerprint density at radius 1 is 1.28 bits per heavy atom. The number of rotatable bonds is 5. The highest BCUT2D eigenvalue weighted by Crippen LogP contribution is 2.40. The Morgan fingerprint density at radius 2 is 2.12 bits per heavy atom. The van der Waals surface area contributed by atoms with Gasteiger partial charge in [-0.15, -0.1) is 11.3 Å². The lowest BCUT2D eigenvalue weighted by Gasteiger charge is -2.12. The van der Waals surface area contributed by atoms with Crippen molar-refractivity contribution in [1.82, 2.24) is 15.3 Å². The van der Waals surface area contributed by atoms with Gasteiger partial charge in [-0.25, -0.2) is 9.97 Å². The first-order chi connectivity index (χ1) is 12.2. The summed E-state index contributed by atoms with van der Waals surface area (Å²) in [6.45, 7) is 2.49. The van der Waals surface area contributed by atoms with Gasteiger partial charge in [0, 0.05) is 16.8 Å². The molecule has 1 N–H and O–H groups in total. The molecule has 3 aromatic rings. The Balaban J connectivity index is 1.48. The van der Waals surface area contributed by atoms with Gasteiger partial charge in [0.05, 0.1) is 5.25 Å². The number of nitrogens with one attached hydrogen (secondary N) is 1. The van der Waals surface area contributed by atoms with Gasteiger partial charge in [0.2, 0.25) is 5.91 Å². The summed E-state index contributed by atoms with van der Waals surface area (Å²) < 4.78 is 0. The molecule has 1 aliphatic rings. The van der Waals surface area contributed by atoms with Crippen molar-refractivity contribution in [3.8, 4) is 0 Å². The number of carbonyl (C=O) groups excluding carboxylic acids is 1. The van der Waals surface area contributed by atoms with Gasteiger partial charge < -0.3 is 5.32 Å². The predicted octanol–water partition coefficient (Wildman–Crippen LogP) is 3.98. The highest BCUT2D eigenvalue weighted by molar-refractivity contribution is 8.00. The third-order valence-corrected chi connectivity index (χ3v) is 6.73. The van der Waals surface area contributed by atoms with Gasteiger partial charge in [-0.3, -0.25) is 4.79 Å². The van der Waals surface area contributed by atoms with E-state index in [-0.39, 0.29) is 11.2 Å². The lowest BCUT2D eigenvalue weighted by atomic mass is 10.2. The minimum atomic E-state index is -0.196. The Hall–Kier alpha value is -1.92. The number of thiophene rings is 1. The largest absolute Gasteiger partial charge is 0.351 e. The lowest BCUT2D eigenvalue weighted by Crippen LogP contribution is -2.30. The Bertz CT molecular complexity index is 908. The number of fused-ring (bicyclic) bond motifs is 3. The molecule has 25 heavy (non-hydrogen) atoms. The molecule has 1 atom stereocenters. The van der Waals surface area contributed by atoms with Crippen LogP contribution in [0.3, 0.4) is 0 Å². The third kappa shape index (κ3) is 3.41. The van der Waals surface area contributed by atoms with Crippen LogP contribution in [-0.4, -0.2) is 21.1 Å². The van der Waals surface area contributed by atoms with E-state index < -0.39 is 0 Å². The summed E-state index contributed by atoms with van der Waals surface area (Å²) in [6.07, 6.45) is 5.08. The van der Waals surface area contributed by atoms with Crippen molar-refractivity contribution in [2.24, 2.45) is 0 Å². The molecule has 0 spiro atoms. The van der Waals surface area contributed by atoms with Gasteiger partial charge in [0.25, 0.3) is 0 Å². The quantitative estimate of drug-likeness (QED) is 0.546. The average Bonchev–Trinajstić information content (AvgIpc) is 3.21.